The molecular weight excluding hydrogens is 414 g/mol. The molecule has 166 valence electrons. The molecule has 0 aliphatic carbocycles. The molecule has 0 bridgehead atoms. The highest BCUT2D eigenvalue weighted by Gasteiger charge is 2.18. The number of nitrogens with zero attached hydrogens (tertiary/aromatic N) is 5. The van der Waals surface area contributed by atoms with Crippen LogP contribution in [0.2, 0.25) is 0 Å². The molecule has 7 nitrogen and oxygen atoms in total. The minimum atomic E-state index is -0.620. The Kier molecular flexibility index (Phi) is 6.20. The van der Waals surface area contributed by atoms with E-state index in [4.69, 9.17) is 0 Å². The molecule has 0 saturated heterocycles. The summed E-state index contributed by atoms with van der Waals surface area (Å²) in [5.74, 6) is 0. The van der Waals surface area contributed by atoms with Crippen LogP contribution in [0.5, 0.6) is 0 Å². The number of pyridine rings is 2. The summed E-state index contributed by atoms with van der Waals surface area (Å²) in [5, 5.41) is 19.7. The lowest BCUT2D eigenvalue weighted by Crippen LogP contribution is -2.30. The van der Waals surface area contributed by atoms with Crippen LogP contribution >= 0.6 is 0 Å². The number of aliphatic hydroxyl groups excluding tert-OH is 1. The Morgan fingerprint density at radius 3 is 2.58 bits per heavy atom. The molecular formula is C26H25N5O2. The van der Waals surface area contributed by atoms with Gasteiger partial charge in [-0.05, 0) is 55.2 Å². The van der Waals surface area contributed by atoms with Crippen molar-refractivity contribution in [3.8, 4) is 11.8 Å². The third-order valence-corrected chi connectivity index (χ3v) is 5.68. The molecule has 0 fully saturated rings. The maximum Gasteiger partial charge on any atom is 0.254 e. The van der Waals surface area contributed by atoms with Gasteiger partial charge in [-0.1, -0.05) is 18.2 Å². The van der Waals surface area contributed by atoms with Crippen molar-refractivity contribution in [2.45, 2.75) is 33.2 Å². The van der Waals surface area contributed by atoms with Gasteiger partial charge in [-0.2, -0.15) is 5.26 Å². The Morgan fingerprint density at radius 1 is 1.12 bits per heavy atom. The summed E-state index contributed by atoms with van der Waals surface area (Å²) >= 11 is 0. The Balaban J connectivity index is 1.72. The van der Waals surface area contributed by atoms with Crippen molar-refractivity contribution in [1.29, 1.82) is 5.26 Å². The predicted molar refractivity (Wildman–Crippen MR) is 125 cm³/mol. The van der Waals surface area contributed by atoms with Crippen molar-refractivity contribution in [3.05, 3.63) is 111 Å². The zero-order valence-electron chi connectivity index (χ0n) is 18.9. The number of benzene rings is 1. The first kappa shape index (κ1) is 22.2. The van der Waals surface area contributed by atoms with E-state index in [2.05, 4.69) is 16.0 Å². The van der Waals surface area contributed by atoms with Gasteiger partial charge in [0.25, 0.3) is 5.56 Å². The summed E-state index contributed by atoms with van der Waals surface area (Å²) in [5.41, 5.74) is 6.26. The molecule has 3 aromatic heterocycles. The summed E-state index contributed by atoms with van der Waals surface area (Å²) in [4.78, 5) is 21.9. The van der Waals surface area contributed by atoms with Crippen molar-refractivity contribution < 1.29 is 5.11 Å². The number of imidazole rings is 1. The van der Waals surface area contributed by atoms with Gasteiger partial charge in [-0.25, -0.2) is 4.98 Å². The van der Waals surface area contributed by atoms with Crippen molar-refractivity contribution in [2.75, 3.05) is 6.61 Å². The second-order valence-electron chi connectivity index (χ2n) is 8.29. The fraction of sp³-hybridized carbons (Fsp3) is 0.231. The van der Waals surface area contributed by atoms with Gasteiger partial charge < -0.3 is 14.2 Å². The highest BCUT2D eigenvalue weighted by Crippen LogP contribution is 2.20. The number of aryl methyl sites for hydroxylation is 3. The van der Waals surface area contributed by atoms with Crippen LogP contribution in [-0.4, -0.2) is 30.8 Å². The summed E-state index contributed by atoms with van der Waals surface area (Å²) in [6.45, 7) is 5.59. The number of nitriles is 1. The SMILES string of the molecule is Cc1cncc([C@H](CO)n2cc(C#N)cc(Cc3ccc(-n4cnc(C)c4)c(C)c3)c2=O)c1. The van der Waals surface area contributed by atoms with Crippen LogP contribution in [0.15, 0.2) is 66.2 Å². The molecule has 7 heteroatoms. The quantitative estimate of drug-likeness (QED) is 0.497. The van der Waals surface area contributed by atoms with Gasteiger partial charge in [0.15, 0.2) is 0 Å². The largest absolute Gasteiger partial charge is 0.394 e. The minimum Gasteiger partial charge on any atom is -0.394 e. The zero-order chi connectivity index (χ0) is 23.5. The van der Waals surface area contributed by atoms with E-state index in [1.807, 2.05) is 55.8 Å². The minimum absolute atomic E-state index is 0.235. The fourth-order valence-electron chi connectivity index (χ4n) is 4.08. The Hall–Kier alpha value is -4.02. The van der Waals surface area contributed by atoms with Gasteiger partial charge in [-0.15, -0.1) is 0 Å². The van der Waals surface area contributed by atoms with E-state index >= 15 is 0 Å². The van der Waals surface area contributed by atoms with Gasteiger partial charge >= 0.3 is 0 Å². The molecule has 0 radical (unpaired) electrons. The third-order valence-electron chi connectivity index (χ3n) is 5.68. The zero-order valence-corrected chi connectivity index (χ0v) is 18.9. The topological polar surface area (TPSA) is 96.7 Å². The molecule has 1 N–H and O–H groups in total. The van der Waals surface area contributed by atoms with Crippen molar-refractivity contribution >= 4 is 0 Å². The fourth-order valence-corrected chi connectivity index (χ4v) is 4.08. The molecule has 4 rings (SSSR count). The smallest absolute Gasteiger partial charge is 0.254 e. The molecule has 0 unspecified atom stereocenters. The highest BCUT2D eigenvalue weighted by atomic mass is 16.3. The van der Waals surface area contributed by atoms with Gasteiger partial charge in [0.1, 0.15) is 6.07 Å². The highest BCUT2D eigenvalue weighted by molar-refractivity contribution is 5.44. The first-order valence-corrected chi connectivity index (χ1v) is 10.7. The van der Waals surface area contributed by atoms with Crippen LogP contribution in [0.1, 0.15) is 45.1 Å². The molecule has 0 spiro atoms. The Labute approximate surface area is 192 Å². The van der Waals surface area contributed by atoms with E-state index < -0.39 is 6.04 Å². The maximum absolute atomic E-state index is 13.4. The van der Waals surface area contributed by atoms with E-state index in [-0.39, 0.29) is 12.2 Å². The van der Waals surface area contributed by atoms with Crippen LogP contribution in [0.25, 0.3) is 5.69 Å². The lowest BCUT2D eigenvalue weighted by Gasteiger charge is -2.19. The van der Waals surface area contributed by atoms with E-state index in [9.17, 15) is 15.2 Å². The van der Waals surface area contributed by atoms with Gasteiger partial charge in [-0.3, -0.25) is 9.78 Å². The van der Waals surface area contributed by atoms with E-state index in [1.165, 1.54) is 10.8 Å². The number of hydrogen-bond acceptors (Lipinski definition) is 5. The summed E-state index contributed by atoms with van der Waals surface area (Å²) in [6, 6.07) is 11.1. The van der Waals surface area contributed by atoms with Gasteiger partial charge in [0, 0.05) is 42.5 Å². The first-order valence-electron chi connectivity index (χ1n) is 10.7. The van der Waals surface area contributed by atoms with Gasteiger partial charge in [0.2, 0.25) is 0 Å². The summed E-state index contributed by atoms with van der Waals surface area (Å²) in [7, 11) is 0. The molecule has 33 heavy (non-hydrogen) atoms. The first-order chi connectivity index (χ1) is 15.9. The second-order valence-corrected chi connectivity index (χ2v) is 8.29. The molecule has 0 aliphatic heterocycles. The van der Waals surface area contributed by atoms with E-state index in [1.54, 1.807) is 24.8 Å². The van der Waals surface area contributed by atoms with Crippen LogP contribution in [0.3, 0.4) is 0 Å². The van der Waals surface area contributed by atoms with Crippen LogP contribution in [-0.2, 0) is 6.42 Å². The van der Waals surface area contributed by atoms with Gasteiger partial charge in [0.05, 0.1) is 30.2 Å². The predicted octanol–water partition coefficient (Wildman–Crippen LogP) is 3.40. The molecule has 0 amide bonds. The molecule has 0 saturated carbocycles. The van der Waals surface area contributed by atoms with E-state index in [0.29, 0.717) is 17.5 Å². The summed E-state index contributed by atoms with van der Waals surface area (Å²) < 4.78 is 3.42. The number of rotatable bonds is 6. The molecule has 4 aromatic rings. The average Bonchev–Trinajstić information content (AvgIpc) is 3.22. The van der Waals surface area contributed by atoms with Crippen LogP contribution in [0, 0.1) is 32.1 Å². The maximum atomic E-state index is 13.4. The monoisotopic (exact) mass is 439 g/mol. The normalized spacial score (nSPS) is 11.8. The van der Waals surface area contributed by atoms with Crippen molar-refractivity contribution in [3.63, 3.8) is 0 Å². The number of aromatic nitrogens is 4. The lowest BCUT2D eigenvalue weighted by atomic mass is 10.0. The molecule has 3 heterocycles. The Morgan fingerprint density at radius 2 is 1.94 bits per heavy atom. The number of aliphatic hydroxyl groups is 1. The average molecular weight is 440 g/mol. The van der Waals surface area contributed by atoms with Crippen LogP contribution in [0.4, 0.5) is 0 Å². The molecule has 1 atom stereocenters. The summed E-state index contributed by atoms with van der Waals surface area (Å²) in [6.07, 6.45) is 8.98. The number of hydrogen-bond donors (Lipinski definition) is 1. The second kappa shape index (κ2) is 9.23. The third kappa shape index (κ3) is 4.61. The van der Waals surface area contributed by atoms with Crippen LogP contribution < -0.4 is 5.56 Å². The van der Waals surface area contributed by atoms with Crippen molar-refractivity contribution in [1.82, 2.24) is 19.1 Å². The van der Waals surface area contributed by atoms with E-state index in [0.717, 1.165) is 33.6 Å². The molecule has 1 aromatic carbocycles. The Bertz CT molecular complexity index is 1410. The standard InChI is InChI=1S/C26H25N5O2/c1-17-6-23(12-28-11-17)25(15-32)31-14-21(10-27)9-22(26(31)33)8-20-4-5-24(18(2)7-20)30-13-19(3)29-16-30/h4-7,9,11-14,16,25,32H,8,15H2,1-3H3/t25-/m0/s1. The molecule has 0 aliphatic rings. The van der Waals surface area contributed by atoms with Crippen molar-refractivity contribution in [2.24, 2.45) is 0 Å². The lowest BCUT2D eigenvalue weighted by molar-refractivity contribution is 0.246.